The summed E-state index contributed by atoms with van der Waals surface area (Å²) in [5.74, 6) is -0.223. The van der Waals surface area contributed by atoms with E-state index < -0.39 is 11.0 Å². The van der Waals surface area contributed by atoms with Crippen LogP contribution in [-0.2, 0) is 0 Å². The van der Waals surface area contributed by atoms with Crippen molar-refractivity contribution in [2.24, 2.45) is 0 Å². The van der Waals surface area contributed by atoms with Crippen molar-refractivity contribution in [1.29, 1.82) is 0 Å². The lowest BCUT2D eigenvalue weighted by molar-refractivity contribution is -0.383. The van der Waals surface area contributed by atoms with E-state index in [4.69, 9.17) is 5.73 Å². The van der Waals surface area contributed by atoms with Gasteiger partial charge in [0.15, 0.2) is 0 Å². The predicted octanol–water partition coefficient (Wildman–Crippen LogP) is 1.17. The maximum Gasteiger partial charge on any atom is 0.352 e. The second-order valence-corrected chi connectivity index (χ2v) is 4.45. The largest absolute Gasteiger partial charge is 0.387 e. The smallest absolute Gasteiger partial charge is 0.352 e. The van der Waals surface area contributed by atoms with Gasteiger partial charge in [-0.2, -0.15) is 11.3 Å². The molecule has 9 heteroatoms. The Bertz CT molecular complexity index is 575. The minimum Gasteiger partial charge on any atom is -0.387 e. The summed E-state index contributed by atoms with van der Waals surface area (Å²) in [6, 6.07) is 1.78. The van der Waals surface area contributed by atoms with E-state index in [1.54, 1.807) is 11.4 Å². The van der Waals surface area contributed by atoms with Gasteiger partial charge in [0.25, 0.3) is 0 Å². The minimum absolute atomic E-state index is 0.00761. The molecule has 0 aliphatic rings. The monoisotopic (exact) mass is 281 g/mol. The average molecular weight is 281 g/mol. The number of nitrogen functional groups attached to an aromatic ring is 1. The summed E-state index contributed by atoms with van der Waals surface area (Å²) in [5.41, 5.74) is 5.78. The molecule has 1 atom stereocenters. The molecule has 1 unspecified atom stereocenters. The van der Waals surface area contributed by atoms with E-state index in [0.29, 0.717) is 0 Å². The van der Waals surface area contributed by atoms with E-state index in [0.717, 1.165) is 11.9 Å². The van der Waals surface area contributed by atoms with E-state index in [9.17, 15) is 15.2 Å². The van der Waals surface area contributed by atoms with Crippen LogP contribution in [0.5, 0.6) is 0 Å². The maximum absolute atomic E-state index is 10.9. The number of anilines is 2. The second-order valence-electron chi connectivity index (χ2n) is 3.67. The van der Waals surface area contributed by atoms with Crippen LogP contribution in [0.2, 0.25) is 0 Å². The van der Waals surface area contributed by atoms with Gasteiger partial charge in [0.05, 0.1) is 11.0 Å². The minimum atomic E-state index is -0.776. The van der Waals surface area contributed by atoms with Crippen LogP contribution in [0.4, 0.5) is 17.3 Å². The van der Waals surface area contributed by atoms with Crippen LogP contribution in [0.1, 0.15) is 11.7 Å². The van der Waals surface area contributed by atoms with Gasteiger partial charge in [0.2, 0.25) is 11.6 Å². The average Bonchev–Trinajstić information content (AvgIpc) is 2.89. The lowest BCUT2D eigenvalue weighted by Gasteiger charge is -2.11. The van der Waals surface area contributed by atoms with Crippen LogP contribution < -0.4 is 11.1 Å². The summed E-state index contributed by atoms with van der Waals surface area (Å²) in [4.78, 5) is 17.5. The van der Waals surface area contributed by atoms with Crippen LogP contribution >= 0.6 is 11.3 Å². The van der Waals surface area contributed by atoms with Crippen LogP contribution in [0.25, 0.3) is 0 Å². The summed E-state index contributed by atoms with van der Waals surface area (Å²) in [6.07, 6.45) is 0.351. The fourth-order valence-corrected chi connectivity index (χ4v) is 2.18. The number of nitrogens with two attached hydrogens (primary N) is 1. The number of nitro groups is 1. The second kappa shape index (κ2) is 5.59. The van der Waals surface area contributed by atoms with Crippen LogP contribution in [0.3, 0.4) is 0 Å². The van der Waals surface area contributed by atoms with Crippen molar-refractivity contribution >= 4 is 28.7 Å². The Morgan fingerprint density at radius 2 is 2.37 bits per heavy atom. The molecule has 2 aromatic heterocycles. The van der Waals surface area contributed by atoms with Crippen molar-refractivity contribution in [3.8, 4) is 0 Å². The first kappa shape index (κ1) is 13.2. The molecular weight excluding hydrogens is 270 g/mol. The van der Waals surface area contributed by atoms with Gasteiger partial charge in [-0.1, -0.05) is 0 Å². The molecule has 100 valence electrons. The third-order valence-electron chi connectivity index (χ3n) is 2.42. The Hall–Kier alpha value is -2.26. The third kappa shape index (κ3) is 2.95. The first-order valence-electron chi connectivity index (χ1n) is 5.28. The molecular formula is C10H11N5O3S. The van der Waals surface area contributed by atoms with Gasteiger partial charge in [-0.15, -0.1) is 0 Å². The first-order valence-corrected chi connectivity index (χ1v) is 6.22. The molecule has 0 fully saturated rings. The van der Waals surface area contributed by atoms with Crippen molar-refractivity contribution in [2.75, 3.05) is 17.6 Å². The zero-order chi connectivity index (χ0) is 13.8. The number of hydrogen-bond donors (Lipinski definition) is 3. The quantitative estimate of drug-likeness (QED) is 0.554. The molecule has 0 aliphatic carbocycles. The molecule has 2 rings (SSSR count). The van der Waals surface area contributed by atoms with Gasteiger partial charge in [0, 0.05) is 6.54 Å². The summed E-state index contributed by atoms with van der Waals surface area (Å²) >= 11 is 1.46. The number of hydrogen-bond acceptors (Lipinski definition) is 8. The van der Waals surface area contributed by atoms with Gasteiger partial charge in [0.1, 0.15) is 6.33 Å². The molecule has 2 heterocycles. The van der Waals surface area contributed by atoms with Gasteiger partial charge in [-0.3, -0.25) is 10.1 Å². The van der Waals surface area contributed by atoms with Crippen molar-refractivity contribution in [2.45, 2.75) is 6.10 Å². The van der Waals surface area contributed by atoms with Crippen molar-refractivity contribution < 1.29 is 10.0 Å². The highest BCUT2D eigenvalue weighted by molar-refractivity contribution is 7.07. The molecule has 2 aromatic rings. The summed E-state index contributed by atoms with van der Waals surface area (Å²) in [5, 5.41) is 27.1. The molecule has 0 aliphatic heterocycles. The van der Waals surface area contributed by atoms with Gasteiger partial charge >= 0.3 is 5.69 Å². The highest BCUT2D eigenvalue weighted by Gasteiger charge is 2.21. The van der Waals surface area contributed by atoms with Crippen molar-refractivity contribution in [3.05, 3.63) is 38.8 Å². The van der Waals surface area contributed by atoms with Gasteiger partial charge in [-0.05, 0) is 22.4 Å². The van der Waals surface area contributed by atoms with Crippen molar-refractivity contribution in [3.63, 3.8) is 0 Å². The molecule has 0 radical (unpaired) electrons. The number of aliphatic hydroxyl groups is 1. The number of thiophene rings is 1. The van der Waals surface area contributed by atoms with E-state index >= 15 is 0 Å². The molecule has 4 N–H and O–H groups in total. The molecule has 0 saturated carbocycles. The number of aromatic nitrogens is 2. The summed E-state index contributed by atoms with van der Waals surface area (Å²) in [7, 11) is 0. The van der Waals surface area contributed by atoms with Crippen LogP contribution in [-0.4, -0.2) is 26.5 Å². The van der Waals surface area contributed by atoms with E-state index in [-0.39, 0.29) is 23.9 Å². The normalized spacial score (nSPS) is 12.1. The fourth-order valence-electron chi connectivity index (χ4n) is 1.48. The molecule has 0 amide bonds. The highest BCUT2D eigenvalue weighted by atomic mass is 32.1. The zero-order valence-corrected chi connectivity index (χ0v) is 10.5. The van der Waals surface area contributed by atoms with Crippen LogP contribution in [0.15, 0.2) is 23.2 Å². The molecule has 0 saturated heterocycles. The zero-order valence-electron chi connectivity index (χ0n) is 9.68. The Morgan fingerprint density at radius 3 is 3.00 bits per heavy atom. The molecule has 0 aromatic carbocycles. The van der Waals surface area contributed by atoms with Crippen molar-refractivity contribution in [1.82, 2.24) is 9.97 Å². The third-order valence-corrected chi connectivity index (χ3v) is 3.13. The molecule has 0 bridgehead atoms. The predicted molar refractivity (Wildman–Crippen MR) is 70.9 cm³/mol. The lowest BCUT2D eigenvalue weighted by atomic mass is 10.2. The molecule has 19 heavy (non-hydrogen) atoms. The summed E-state index contributed by atoms with van der Waals surface area (Å²) < 4.78 is 0. The number of rotatable bonds is 5. The molecule has 8 nitrogen and oxygen atoms in total. The SMILES string of the molecule is Nc1ncnc(NCC(O)c2ccsc2)c1[N+](=O)[O-]. The fraction of sp³-hybridized carbons (Fsp3) is 0.200. The standard InChI is InChI=1S/C10H11N5O3S/c11-9-8(15(17)18)10(14-5-13-9)12-3-7(16)6-1-2-19-4-6/h1-2,4-5,7,16H,3H2,(H3,11,12,13,14). The van der Waals surface area contributed by atoms with Gasteiger partial charge < -0.3 is 16.2 Å². The van der Waals surface area contributed by atoms with Gasteiger partial charge in [-0.25, -0.2) is 9.97 Å². The Balaban J connectivity index is 2.12. The topological polar surface area (TPSA) is 127 Å². The first-order chi connectivity index (χ1) is 9.09. The number of nitrogens with zero attached hydrogens (tertiary/aromatic N) is 3. The lowest BCUT2D eigenvalue weighted by Crippen LogP contribution is -2.14. The maximum atomic E-state index is 10.9. The van der Waals surface area contributed by atoms with E-state index in [1.807, 2.05) is 5.38 Å². The number of nitrogens with one attached hydrogen (secondary N) is 1. The highest BCUT2D eigenvalue weighted by Crippen LogP contribution is 2.27. The Labute approximate surface area is 112 Å². The Kier molecular flexibility index (Phi) is 3.88. The molecule has 0 spiro atoms. The Morgan fingerprint density at radius 1 is 1.58 bits per heavy atom. The van der Waals surface area contributed by atoms with Crippen LogP contribution in [0, 0.1) is 10.1 Å². The summed E-state index contributed by atoms with van der Waals surface area (Å²) in [6.45, 7) is 0.0913. The van der Waals surface area contributed by atoms with E-state index in [2.05, 4.69) is 15.3 Å². The van der Waals surface area contributed by atoms with E-state index in [1.165, 1.54) is 11.3 Å². The number of aliphatic hydroxyl groups excluding tert-OH is 1.